The van der Waals surface area contributed by atoms with Crippen LogP contribution in [0.2, 0.25) is 20.1 Å². The quantitative estimate of drug-likeness (QED) is 0.341. The van der Waals surface area contributed by atoms with Gasteiger partial charge in [-0.2, -0.15) is 0 Å². The summed E-state index contributed by atoms with van der Waals surface area (Å²) in [6.45, 7) is 4.89. The molecule has 1 saturated heterocycles. The van der Waals surface area contributed by atoms with Crippen molar-refractivity contribution in [3.05, 3.63) is 67.6 Å². The van der Waals surface area contributed by atoms with E-state index >= 15 is 0 Å². The van der Waals surface area contributed by atoms with Crippen LogP contribution in [0.15, 0.2) is 36.4 Å². The molecule has 10 heteroatoms. The van der Waals surface area contributed by atoms with E-state index in [1.807, 2.05) is 0 Å². The molecule has 1 aliphatic heterocycles. The zero-order valence-electron chi connectivity index (χ0n) is 17.2. The monoisotopic (exact) mass is 558 g/mol. The van der Waals surface area contributed by atoms with Crippen LogP contribution >= 0.6 is 71.2 Å². The predicted molar refractivity (Wildman–Crippen MR) is 138 cm³/mol. The van der Waals surface area contributed by atoms with Crippen molar-refractivity contribution in [2.45, 2.75) is 12.8 Å². The summed E-state index contributed by atoms with van der Waals surface area (Å²) in [7, 11) is 0. The van der Waals surface area contributed by atoms with Gasteiger partial charge in [0.1, 0.15) is 0 Å². The summed E-state index contributed by atoms with van der Waals surface area (Å²) < 4.78 is 0. The smallest absolute Gasteiger partial charge is 0.164 e. The Morgan fingerprint density at radius 3 is 1.28 bits per heavy atom. The third kappa shape index (κ3) is 8.34. The van der Waals surface area contributed by atoms with E-state index in [1.165, 1.54) is 0 Å². The lowest BCUT2D eigenvalue weighted by atomic mass is 10.1. The zero-order valence-corrected chi connectivity index (χ0v) is 21.8. The molecule has 176 valence electrons. The first kappa shape index (κ1) is 29.5. The molecule has 4 nitrogen and oxygen atoms in total. The van der Waals surface area contributed by atoms with Gasteiger partial charge < -0.3 is 9.80 Å². The molecule has 0 radical (unpaired) electrons. The first-order valence-corrected chi connectivity index (χ1v) is 11.3. The van der Waals surface area contributed by atoms with Crippen LogP contribution in [0.1, 0.15) is 33.6 Å². The largest absolute Gasteiger partial charge is 0.300 e. The molecule has 0 saturated carbocycles. The Morgan fingerprint density at radius 1 is 0.625 bits per heavy atom. The summed E-state index contributed by atoms with van der Waals surface area (Å²) in [6.07, 6.45) is 0.877. The topological polar surface area (TPSA) is 40.6 Å². The van der Waals surface area contributed by atoms with Gasteiger partial charge in [0, 0.05) is 63.2 Å². The molecule has 0 aliphatic carbocycles. The molecule has 32 heavy (non-hydrogen) atoms. The summed E-state index contributed by atoms with van der Waals surface area (Å²) in [5.41, 5.74) is 1.17. The lowest BCUT2D eigenvalue weighted by molar-refractivity contribution is 0.0885. The maximum absolute atomic E-state index is 12.4. The number of hydrogen-bond acceptors (Lipinski definition) is 4. The predicted octanol–water partition coefficient (Wildman–Crippen LogP) is 6.61. The third-order valence-corrected chi connectivity index (χ3v) is 6.74. The number of halogens is 6. The van der Waals surface area contributed by atoms with Crippen LogP contribution in [0.3, 0.4) is 0 Å². The van der Waals surface area contributed by atoms with E-state index in [-0.39, 0.29) is 36.4 Å². The Labute approximate surface area is 220 Å². The lowest BCUT2D eigenvalue weighted by Gasteiger charge is -2.34. The highest BCUT2D eigenvalue weighted by atomic mass is 35.5. The summed E-state index contributed by atoms with van der Waals surface area (Å²) in [5.74, 6) is 0.117. The highest BCUT2D eigenvalue weighted by molar-refractivity contribution is 6.42. The van der Waals surface area contributed by atoms with Gasteiger partial charge in [-0.3, -0.25) is 9.59 Å². The van der Waals surface area contributed by atoms with Crippen molar-refractivity contribution < 1.29 is 9.59 Å². The average Bonchev–Trinajstić information content (AvgIpc) is 2.74. The van der Waals surface area contributed by atoms with E-state index in [0.717, 1.165) is 26.2 Å². The lowest BCUT2D eigenvalue weighted by Crippen LogP contribution is -2.47. The van der Waals surface area contributed by atoms with Gasteiger partial charge in [-0.25, -0.2) is 0 Å². The molecular weight excluding hydrogens is 537 g/mol. The number of carbonyl (C=O) groups is 2. The minimum absolute atomic E-state index is 0. The van der Waals surface area contributed by atoms with Crippen LogP contribution in [0.5, 0.6) is 0 Å². The van der Waals surface area contributed by atoms with Crippen LogP contribution in [-0.2, 0) is 0 Å². The fourth-order valence-electron chi connectivity index (χ4n) is 3.38. The van der Waals surface area contributed by atoms with Crippen LogP contribution in [0, 0.1) is 0 Å². The van der Waals surface area contributed by atoms with E-state index in [4.69, 9.17) is 46.4 Å². The molecule has 3 rings (SSSR count). The standard InChI is InChI=1S/C22H22Cl4N2O2.2ClH/c23-17-3-1-15(13-19(17)25)21(29)5-7-27-9-11-28(12-10-27)8-6-22(30)16-2-4-18(24)20(26)14-16;;/h1-4,13-14H,5-12H2;2*1H. The molecule has 1 aliphatic rings. The highest BCUT2D eigenvalue weighted by Gasteiger charge is 2.19. The Balaban J connectivity index is 0.00000256. The van der Waals surface area contributed by atoms with Gasteiger partial charge in [-0.1, -0.05) is 46.4 Å². The number of nitrogens with zero attached hydrogens (tertiary/aromatic N) is 2. The Kier molecular flexibility index (Phi) is 12.9. The second-order valence-corrected chi connectivity index (χ2v) is 8.92. The number of benzene rings is 2. The summed E-state index contributed by atoms with van der Waals surface area (Å²) in [6, 6.07) is 9.95. The number of rotatable bonds is 8. The molecule has 2 aromatic rings. The summed E-state index contributed by atoms with van der Waals surface area (Å²) in [4.78, 5) is 29.3. The normalized spacial score (nSPS) is 14.4. The van der Waals surface area contributed by atoms with Crippen molar-refractivity contribution in [2.24, 2.45) is 0 Å². The van der Waals surface area contributed by atoms with Crippen molar-refractivity contribution in [1.82, 2.24) is 9.80 Å². The van der Waals surface area contributed by atoms with E-state index in [0.29, 0.717) is 57.1 Å². The van der Waals surface area contributed by atoms with Crippen LogP contribution in [0.25, 0.3) is 0 Å². The van der Waals surface area contributed by atoms with E-state index in [2.05, 4.69) is 9.80 Å². The Bertz CT molecular complexity index is 857. The third-order valence-electron chi connectivity index (χ3n) is 5.26. The van der Waals surface area contributed by atoms with Crippen LogP contribution in [-0.4, -0.2) is 60.6 Å². The van der Waals surface area contributed by atoms with Crippen molar-refractivity contribution in [3.63, 3.8) is 0 Å². The molecule has 1 fully saturated rings. The minimum Gasteiger partial charge on any atom is -0.300 e. The van der Waals surface area contributed by atoms with Crippen LogP contribution in [0.4, 0.5) is 0 Å². The van der Waals surface area contributed by atoms with Gasteiger partial charge in [-0.15, -0.1) is 24.8 Å². The number of Topliss-reactive ketones (excluding diaryl/α,β-unsaturated/α-hetero) is 2. The molecule has 0 spiro atoms. The SMILES string of the molecule is Cl.Cl.O=C(CCN1CCN(CCC(=O)c2ccc(Cl)c(Cl)c2)CC1)c1ccc(Cl)c(Cl)c1. The molecule has 0 atom stereocenters. The van der Waals surface area contributed by atoms with Crippen molar-refractivity contribution in [1.29, 1.82) is 0 Å². The molecule has 1 heterocycles. The van der Waals surface area contributed by atoms with E-state index in [9.17, 15) is 9.59 Å². The van der Waals surface area contributed by atoms with Gasteiger partial charge in [0.05, 0.1) is 20.1 Å². The average molecular weight is 561 g/mol. The fourth-order valence-corrected chi connectivity index (χ4v) is 3.98. The number of ketones is 2. The van der Waals surface area contributed by atoms with Crippen molar-refractivity contribution >= 4 is 82.8 Å². The maximum atomic E-state index is 12.4. The molecule has 0 amide bonds. The van der Waals surface area contributed by atoms with Crippen molar-refractivity contribution in [3.8, 4) is 0 Å². The molecule has 0 bridgehead atoms. The molecular formula is C22H24Cl6N2O2. The summed E-state index contributed by atoms with van der Waals surface area (Å²) >= 11 is 23.8. The van der Waals surface area contributed by atoms with E-state index in [1.54, 1.807) is 36.4 Å². The molecule has 0 N–H and O–H groups in total. The van der Waals surface area contributed by atoms with Gasteiger partial charge in [-0.05, 0) is 36.4 Å². The summed E-state index contributed by atoms with van der Waals surface area (Å²) in [5, 5.41) is 1.68. The first-order valence-electron chi connectivity index (χ1n) is 9.74. The van der Waals surface area contributed by atoms with Gasteiger partial charge in [0.25, 0.3) is 0 Å². The molecule has 2 aromatic carbocycles. The van der Waals surface area contributed by atoms with Crippen molar-refractivity contribution in [2.75, 3.05) is 39.3 Å². The fraction of sp³-hybridized carbons (Fsp3) is 0.364. The number of hydrogen-bond donors (Lipinski definition) is 0. The van der Waals surface area contributed by atoms with Gasteiger partial charge >= 0.3 is 0 Å². The second-order valence-electron chi connectivity index (χ2n) is 7.29. The molecule has 0 aromatic heterocycles. The molecule has 0 unspecified atom stereocenters. The Morgan fingerprint density at radius 2 is 0.969 bits per heavy atom. The number of piperazine rings is 1. The van der Waals surface area contributed by atoms with Gasteiger partial charge in [0.15, 0.2) is 11.6 Å². The Hall–Kier alpha value is -0.560. The second kappa shape index (κ2) is 14.0. The zero-order chi connectivity index (χ0) is 21.7. The number of carbonyl (C=O) groups excluding carboxylic acids is 2. The van der Waals surface area contributed by atoms with Gasteiger partial charge in [0.2, 0.25) is 0 Å². The first-order chi connectivity index (χ1) is 14.3. The van der Waals surface area contributed by atoms with E-state index < -0.39 is 0 Å². The van der Waals surface area contributed by atoms with Crippen LogP contribution < -0.4 is 0 Å². The minimum atomic E-state index is 0. The highest BCUT2D eigenvalue weighted by Crippen LogP contribution is 2.24. The maximum Gasteiger partial charge on any atom is 0.164 e.